The Kier molecular flexibility index (Phi) is 4.53. The van der Waals surface area contributed by atoms with E-state index < -0.39 is 12.6 Å². The standard InChI is InChI=1S/C26H40N2O3/c1-24-10-11-26(30,16-31-3)14-18(24)4-5-19-20-6-7-22(25(20,2)9-8-21(19)24)23(29)15-28-13-12-27-17-28/h12-13,17-22,30H,4-11,14-16H2,1-3H3/t18-,19-,20-,21-,22+,24-,25-,26+/m0/s1/i3D3. The summed E-state index contributed by atoms with van der Waals surface area (Å²) in [7, 11) is -2.46. The number of hydrogen-bond acceptors (Lipinski definition) is 4. The fourth-order valence-corrected chi connectivity index (χ4v) is 8.79. The molecule has 0 unspecified atom stereocenters. The Balaban J connectivity index is 1.29. The number of ether oxygens (including phenoxy) is 1. The van der Waals surface area contributed by atoms with Crippen LogP contribution in [0.5, 0.6) is 0 Å². The summed E-state index contributed by atoms with van der Waals surface area (Å²) in [4.78, 5) is 17.4. The zero-order chi connectivity index (χ0) is 24.4. The van der Waals surface area contributed by atoms with E-state index in [1.165, 1.54) is 0 Å². The molecule has 4 aliphatic carbocycles. The summed E-state index contributed by atoms with van der Waals surface area (Å²) < 4.78 is 29.0. The Morgan fingerprint density at radius 2 is 2.00 bits per heavy atom. The quantitative estimate of drug-likeness (QED) is 0.746. The van der Waals surface area contributed by atoms with E-state index in [0.717, 1.165) is 44.9 Å². The highest BCUT2D eigenvalue weighted by molar-refractivity contribution is 5.82. The normalized spacial score (nSPS) is 48.6. The lowest BCUT2D eigenvalue weighted by Crippen LogP contribution is -2.56. The van der Waals surface area contributed by atoms with Crippen LogP contribution < -0.4 is 0 Å². The van der Waals surface area contributed by atoms with Gasteiger partial charge in [-0.25, -0.2) is 4.98 Å². The summed E-state index contributed by atoms with van der Waals surface area (Å²) >= 11 is 0. The summed E-state index contributed by atoms with van der Waals surface area (Å²) in [6.45, 7) is 5.14. The number of imidazole rings is 1. The second-order valence-electron chi connectivity index (χ2n) is 11.7. The topological polar surface area (TPSA) is 64.3 Å². The lowest BCUT2D eigenvalue weighted by Gasteiger charge is -2.62. The summed E-state index contributed by atoms with van der Waals surface area (Å²) in [6.07, 6.45) is 14.2. The molecule has 0 spiro atoms. The maximum absolute atomic E-state index is 13.3. The van der Waals surface area contributed by atoms with Crippen LogP contribution in [0.25, 0.3) is 0 Å². The molecule has 0 amide bonds. The Morgan fingerprint density at radius 3 is 2.77 bits per heavy atom. The van der Waals surface area contributed by atoms with Crippen LogP contribution in [0.4, 0.5) is 0 Å². The van der Waals surface area contributed by atoms with E-state index in [9.17, 15) is 9.90 Å². The Hall–Kier alpha value is -1.20. The van der Waals surface area contributed by atoms with Crippen LogP contribution in [0.15, 0.2) is 18.7 Å². The van der Waals surface area contributed by atoms with E-state index in [2.05, 4.69) is 18.8 Å². The van der Waals surface area contributed by atoms with Gasteiger partial charge in [0.15, 0.2) is 5.78 Å². The van der Waals surface area contributed by atoms with E-state index in [-0.39, 0.29) is 23.4 Å². The third-order valence-corrected chi connectivity index (χ3v) is 10.4. The van der Waals surface area contributed by atoms with Crippen LogP contribution >= 0.6 is 0 Å². The molecule has 5 nitrogen and oxygen atoms in total. The minimum Gasteiger partial charge on any atom is -0.387 e. The Bertz CT molecular complexity index is 906. The summed E-state index contributed by atoms with van der Waals surface area (Å²) in [5, 5.41) is 11.2. The lowest BCUT2D eigenvalue weighted by atomic mass is 9.44. The van der Waals surface area contributed by atoms with Gasteiger partial charge in [-0.05, 0) is 92.3 Å². The van der Waals surface area contributed by atoms with E-state index in [4.69, 9.17) is 8.85 Å². The molecule has 1 heterocycles. The zero-order valence-corrected chi connectivity index (χ0v) is 19.1. The number of Topliss-reactive ketones (excluding diaryl/α,β-unsaturated/α-hetero) is 1. The number of carbonyl (C=O) groups is 1. The molecule has 0 aliphatic heterocycles. The molecule has 0 radical (unpaired) electrons. The first-order valence-corrected chi connectivity index (χ1v) is 12.3. The second kappa shape index (κ2) is 7.69. The van der Waals surface area contributed by atoms with Crippen molar-refractivity contribution >= 4 is 5.78 Å². The number of hydrogen-bond donors (Lipinski definition) is 1. The molecule has 0 saturated heterocycles. The number of aromatic nitrogens is 2. The van der Waals surface area contributed by atoms with Crippen molar-refractivity contribution in [1.82, 2.24) is 9.55 Å². The summed E-state index contributed by atoms with van der Waals surface area (Å²) in [5.41, 5.74) is -0.771. The van der Waals surface area contributed by atoms with Gasteiger partial charge in [-0.3, -0.25) is 4.79 Å². The third-order valence-electron chi connectivity index (χ3n) is 10.4. The molecular formula is C26H40N2O3. The lowest BCUT2D eigenvalue weighted by molar-refractivity contribution is -0.164. The number of nitrogens with zero attached hydrogens (tertiary/aromatic N) is 2. The SMILES string of the molecule is [2H]C([2H])([2H])OC[C@@]1(O)CC[C@@]2(C)[C@@H](CC[C@@H]3[C@@H]2CC[C@]2(C)[C@@H](C(=O)Cn4ccnc4)CC[C@@H]32)C1. The van der Waals surface area contributed by atoms with Gasteiger partial charge < -0.3 is 14.4 Å². The first kappa shape index (κ1) is 18.3. The van der Waals surface area contributed by atoms with Crippen LogP contribution in [-0.2, 0) is 16.1 Å². The van der Waals surface area contributed by atoms with Gasteiger partial charge in [0.25, 0.3) is 0 Å². The van der Waals surface area contributed by atoms with E-state index in [1.807, 2.05) is 10.8 Å². The highest BCUT2D eigenvalue weighted by Gasteiger charge is 2.62. The number of rotatable bonds is 5. The minimum absolute atomic E-state index is 0.0883. The molecule has 4 fully saturated rings. The largest absolute Gasteiger partial charge is 0.387 e. The zero-order valence-electron chi connectivity index (χ0n) is 22.1. The monoisotopic (exact) mass is 431 g/mol. The summed E-state index contributed by atoms with van der Waals surface area (Å²) in [6, 6.07) is 0. The van der Waals surface area contributed by atoms with Crippen LogP contribution in [0.1, 0.15) is 75.7 Å². The van der Waals surface area contributed by atoms with Gasteiger partial charge in [0.05, 0.1) is 29.2 Å². The fourth-order valence-electron chi connectivity index (χ4n) is 8.79. The maximum atomic E-state index is 13.3. The molecular weight excluding hydrogens is 388 g/mol. The summed E-state index contributed by atoms with van der Waals surface area (Å²) in [5.74, 6) is 2.77. The van der Waals surface area contributed by atoms with Gasteiger partial charge in [0, 0.05) is 25.3 Å². The van der Waals surface area contributed by atoms with Gasteiger partial charge in [0.2, 0.25) is 0 Å². The molecule has 0 bridgehead atoms. The van der Waals surface area contributed by atoms with Crippen LogP contribution in [-0.4, -0.2) is 39.7 Å². The van der Waals surface area contributed by atoms with Gasteiger partial charge in [0.1, 0.15) is 0 Å². The van der Waals surface area contributed by atoms with Crippen molar-refractivity contribution in [3.8, 4) is 0 Å². The van der Waals surface area contributed by atoms with Crippen molar-refractivity contribution in [3.63, 3.8) is 0 Å². The third kappa shape index (κ3) is 3.42. The first-order valence-electron chi connectivity index (χ1n) is 13.8. The van der Waals surface area contributed by atoms with Gasteiger partial charge >= 0.3 is 0 Å². The van der Waals surface area contributed by atoms with E-state index in [0.29, 0.717) is 48.8 Å². The number of aliphatic hydroxyl groups is 1. The van der Waals surface area contributed by atoms with Crippen LogP contribution in [0, 0.1) is 40.4 Å². The molecule has 5 rings (SSSR count). The number of carbonyl (C=O) groups excluding carboxylic acids is 1. The van der Waals surface area contributed by atoms with Gasteiger partial charge in [-0.1, -0.05) is 13.8 Å². The molecule has 1 N–H and O–H groups in total. The average molecular weight is 432 g/mol. The number of fused-ring (bicyclic) bond motifs is 5. The highest BCUT2D eigenvalue weighted by Crippen LogP contribution is 2.68. The second-order valence-corrected chi connectivity index (χ2v) is 11.7. The Morgan fingerprint density at radius 1 is 1.16 bits per heavy atom. The molecule has 8 atom stereocenters. The highest BCUT2D eigenvalue weighted by atomic mass is 16.5. The van der Waals surface area contributed by atoms with Crippen LogP contribution in [0.2, 0.25) is 0 Å². The number of methoxy groups -OCH3 is 1. The maximum Gasteiger partial charge on any atom is 0.156 e. The van der Waals surface area contributed by atoms with Gasteiger partial charge in [-0.2, -0.15) is 0 Å². The molecule has 31 heavy (non-hydrogen) atoms. The van der Waals surface area contributed by atoms with E-state index in [1.54, 1.807) is 12.5 Å². The van der Waals surface area contributed by atoms with Crippen molar-refractivity contribution in [1.29, 1.82) is 0 Å². The Labute approximate surface area is 191 Å². The molecule has 0 aromatic carbocycles. The van der Waals surface area contributed by atoms with Crippen molar-refractivity contribution in [2.45, 2.75) is 83.8 Å². The van der Waals surface area contributed by atoms with Gasteiger partial charge in [-0.15, -0.1) is 0 Å². The van der Waals surface area contributed by atoms with E-state index >= 15 is 0 Å². The minimum atomic E-state index is -2.46. The fraction of sp³-hybridized carbons (Fsp3) is 0.846. The van der Waals surface area contributed by atoms with Crippen molar-refractivity contribution < 1.29 is 18.8 Å². The first-order chi connectivity index (χ1) is 15.9. The molecule has 1 aromatic rings. The molecule has 4 saturated carbocycles. The smallest absolute Gasteiger partial charge is 0.156 e. The predicted molar refractivity (Wildman–Crippen MR) is 119 cm³/mol. The van der Waals surface area contributed by atoms with Crippen molar-refractivity contribution in [2.75, 3.05) is 13.6 Å². The van der Waals surface area contributed by atoms with Crippen LogP contribution in [0.3, 0.4) is 0 Å². The van der Waals surface area contributed by atoms with Crippen molar-refractivity contribution in [3.05, 3.63) is 18.7 Å². The molecule has 172 valence electrons. The molecule has 1 aromatic heterocycles. The number of ketones is 1. The van der Waals surface area contributed by atoms with Crippen molar-refractivity contribution in [2.24, 2.45) is 40.4 Å². The average Bonchev–Trinajstić information content (AvgIpc) is 3.39. The predicted octanol–water partition coefficient (Wildman–Crippen LogP) is 4.49. The molecule has 4 aliphatic rings. The molecule has 5 heteroatoms.